The number of pyridine rings is 1. The van der Waals surface area contributed by atoms with Gasteiger partial charge in [0.05, 0.1) is 53.5 Å². The maximum atomic E-state index is 13.7. The van der Waals surface area contributed by atoms with Crippen LogP contribution in [0.1, 0.15) is 43.4 Å². The van der Waals surface area contributed by atoms with E-state index in [1.807, 2.05) is 6.07 Å². The van der Waals surface area contributed by atoms with E-state index < -0.39 is 29.8 Å². The second kappa shape index (κ2) is 12.2. The summed E-state index contributed by atoms with van der Waals surface area (Å²) >= 11 is 6.30. The van der Waals surface area contributed by atoms with Crippen molar-refractivity contribution in [2.75, 3.05) is 19.5 Å². The molecule has 3 aromatic heterocycles. The van der Waals surface area contributed by atoms with Crippen molar-refractivity contribution in [3.63, 3.8) is 0 Å². The zero-order valence-electron chi connectivity index (χ0n) is 22.5. The molecule has 0 fully saturated rings. The largest absolute Gasteiger partial charge is 0.452 e. The topological polar surface area (TPSA) is 173 Å². The third-order valence-electron chi connectivity index (χ3n) is 5.75. The lowest BCUT2D eigenvalue weighted by molar-refractivity contribution is -0.141. The van der Waals surface area contributed by atoms with Gasteiger partial charge in [0.15, 0.2) is 11.5 Å². The van der Waals surface area contributed by atoms with Crippen LogP contribution in [-0.2, 0) is 17.5 Å². The van der Waals surface area contributed by atoms with E-state index in [0.717, 1.165) is 21.5 Å². The Labute approximate surface area is 245 Å². The van der Waals surface area contributed by atoms with Gasteiger partial charge in [-0.1, -0.05) is 16.8 Å². The van der Waals surface area contributed by atoms with Crippen LogP contribution in [0, 0.1) is 18.3 Å². The highest BCUT2D eigenvalue weighted by Crippen LogP contribution is 2.28. The molecule has 14 nitrogen and oxygen atoms in total. The van der Waals surface area contributed by atoms with Crippen molar-refractivity contribution in [2.24, 2.45) is 0 Å². The van der Waals surface area contributed by atoms with Crippen molar-refractivity contribution in [2.45, 2.75) is 19.6 Å². The van der Waals surface area contributed by atoms with Gasteiger partial charge in [0.25, 0.3) is 11.8 Å². The van der Waals surface area contributed by atoms with Gasteiger partial charge in [-0.25, -0.2) is 24.2 Å². The molecule has 0 radical (unpaired) electrons. The molecule has 0 bridgehead atoms. The van der Waals surface area contributed by atoms with Crippen LogP contribution in [0.2, 0.25) is 5.02 Å². The molecule has 0 saturated carbocycles. The summed E-state index contributed by atoms with van der Waals surface area (Å²) in [5.74, 6) is -1.64. The van der Waals surface area contributed by atoms with Crippen LogP contribution >= 0.6 is 11.6 Å². The fourth-order valence-corrected chi connectivity index (χ4v) is 4.01. The van der Waals surface area contributed by atoms with Gasteiger partial charge in [0, 0.05) is 13.2 Å². The number of amides is 3. The van der Waals surface area contributed by atoms with Gasteiger partial charge < -0.3 is 10.1 Å². The molecule has 18 heteroatoms. The van der Waals surface area contributed by atoms with Gasteiger partial charge >= 0.3 is 12.3 Å². The Hall–Kier alpha value is -5.50. The number of nitrogens with one attached hydrogen (secondary N) is 2. The Morgan fingerprint density at radius 2 is 1.95 bits per heavy atom. The molecule has 0 spiro atoms. The van der Waals surface area contributed by atoms with Crippen LogP contribution in [0.4, 0.5) is 23.7 Å². The third kappa shape index (κ3) is 6.70. The minimum atomic E-state index is -4.71. The van der Waals surface area contributed by atoms with Crippen LogP contribution in [0.3, 0.4) is 0 Å². The second-order valence-corrected chi connectivity index (χ2v) is 9.20. The molecule has 0 aliphatic heterocycles. The number of carbonyl (C=O) groups is 3. The van der Waals surface area contributed by atoms with Crippen molar-refractivity contribution >= 4 is 35.2 Å². The SMILES string of the molecule is COC(=O)N(C)NC(=O)c1cc(C#N)cc(C)c1NC(=O)c1cc(Cn2cc(C(F)(F)F)nn2)nn1-c1ncccc1Cl. The first-order chi connectivity index (χ1) is 20.3. The number of carbonyl (C=O) groups excluding carboxylic acids is 3. The quantitative estimate of drug-likeness (QED) is 0.308. The van der Waals surface area contributed by atoms with Crippen molar-refractivity contribution < 1.29 is 32.3 Å². The number of ether oxygens (including phenoxy) is 1. The van der Waals surface area contributed by atoms with E-state index in [9.17, 15) is 32.8 Å². The molecule has 4 aromatic rings. The number of anilines is 1. The van der Waals surface area contributed by atoms with Gasteiger partial charge in [-0.2, -0.15) is 23.5 Å². The van der Waals surface area contributed by atoms with E-state index in [0.29, 0.717) is 11.8 Å². The molecular weight excluding hydrogens is 597 g/mol. The van der Waals surface area contributed by atoms with Gasteiger partial charge in [-0.3, -0.25) is 15.0 Å². The summed E-state index contributed by atoms with van der Waals surface area (Å²) in [7, 11) is 2.34. The normalized spacial score (nSPS) is 11.0. The Morgan fingerprint density at radius 1 is 1.21 bits per heavy atom. The molecule has 0 atom stereocenters. The average Bonchev–Trinajstić information content (AvgIpc) is 3.61. The highest BCUT2D eigenvalue weighted by atomic mass is 35.5. The summed E-state index contributed by atoms with van der Waals surface area (Å²) in [6.45, 7) is 1.24. The number of methoxy groups -OCH3 is 1. The third-order valence-corrected chi connectivity index (χ3v) is 6.05. The number of rotatable bonds is 6. The van der Waals surface area contributed by atoms with Crippen LogP contribution in [-0.4, -0.2) is 66.8 Å². The van der Waals surface area contributed by atoms with Gasteiger partial charge in [-0.05, 0) is 42.8 Å². The van der Waals surface area contributed by atoms with Gasteiger partial charge in [-0.15, -0.1) is 5.10 Å². The van der Waals surface area contributed by atoms with Crippen molar-refractivity contribution in [1.29, 1.82) is 5.26 Å². The predicted molar refractivity (Wildman–Crippen MR) is 142 cm³/mol. The molecule has 0 saturated heterocycles. The van der Waals surface area contributed by atoms with E-state index >= 15 is 0 Å². The molecule has 43 heavy (non-hydrogen) atoms. The summed E-state index contributed by atoms with van der Waals surface area (Å²) in [6, 6.07) is 8.87. The maximum Gasteiger partial charge on any atom is 0.436 e. The van der Waals surface area contributed by atoms with Crippen molar-refractivity contribution in [1.82, 2.24) is 40.2 Å². The van der Waals surface area contributed by atoms with E-state index in [1.54, 1.807) is 13.0 Å². The lowest BCUT2D eigenvalue weighted by atomic mass is 10.0. The lowest BCUT2D eigenvalue weighted by Crippen LogP contribution is -2.43. The summed E-state index contributed by atoms with van der Waals surface area (Å²) in [5.41, 5.74) is 1.26. The summed E-state index contributed by atoms with van der Waals surface area (Å²) in [5, 5.41) is 23.8. The fraction of sp³-hybridized carbons (Fsp3) is 0.200. The van der Waals surface area contributed by atoms with Crippen LogP contribution < -0.4 is 10.7 Å². The smallest absolute Gasteiger partial charge is 0.436 e. The minimum absolute atomic E-state index is 0.00715. The Kier molecular flexibility index (Phi) is 8.61. The van der Waals surface area contributed by atoms with Crippen LogP contribution in [0.5, 0.6) is 0 Å². The molecule has 0 aliphatic carbocycles. The van der Waals surface area contributed by atoms with Crippen LogP contribution in [0.15, 0.2) is 42.7 Å². The zero-order valence-corrected chi connectivity index (χ0v) is 23.2. The molecule has 4 rings (SSSR count). The maximum absolute atomic E-state index is 13.7. The monoisotopic (exact) mass is 616 g/mol. The summed E-state index contributed by atoms with van der Waals surface area (Å²) in [4.78, 5) is 42.7. The highest BCUT2D eigenvalue weighted by molar-refractivity contribution is 6.32. The molecule has 0 aliphatic rings. The fourth-order valence-electron chi connectivity index (χ4n) is 3.80. The number of halogens is 4. The van der Waals surface area contributed by atoms with E-state index in [1.165, 1.54) is 37.5 Å². The summed E-state index contributed by atoms with van der Waals surface area (Å²) in [6.07, 6.45) is -3.52. The number of aromatic nitrogens is 6. The first-order valence-corrected chi connectivity index (χ1v) is 12.4. The van der Waals surface area contributed by atoms with E-state index in [2.05, 4.69) is 35.9 Å². The summed E-state index contributed by atoms with van der Waals surface area (Å²) < 4.78 is 45.5. The average molecular weight is 617 g/mol. The number of aryl methyl sites for hydroxylation is 1. The van der Waals surface area contributed by atoms with Crippen molar-refractivity contribution in [3.8, 4) is 11.9 Å². The molecule has 3 heterocycles. The Morgan fingerprint density at radius 3 is 2.58 bits per heavy atom. The molecule has 3 amide bonds. The number of nitrogens with zero attached hydrogens (tertiary/aromatic N) is 8. The van der Waals surface area contributed by atoms with Gasteiger partial charge in [0.2, 0.25) is 0 Å². The number of hydrogen-bond acceptors (Lipinski definition) is 9. The Bertz CT molecular complexity index is 1760. The molecule has 2 N–H and O–H groups in total. The van der Waals surface area contributed by atoms with E-state index in [-0.39, 0.29) is 45.6 Å². The number of hydrazine groups is 1. The number of alkyl halides is 3. The van der Waals surface area contributed by atoms with E-state index in [4.69, 9.17) is 11.6 Å². The standard InChI is InChI=1S/C25H20ClF3N10O4/c1-13-7-14(10-30)8-16(22(40)35-37(2)24(42)43-3)20(13)32-23(41)18-9-15(11-38-12-19(33-36-38)25(27,28)29)34-39(18)21-17(26)5-4-6-31-21/h4-9,12H,11H2,1-3H3,(H,32,41)(H,35,40). The molecular formula is C25H20ClF3N10O4. The molecule has 0 unspecified atom stereocenters. The first kappa shape index (κ1) is 30.5. The zero-order chi connectivity index (χ0) is 31.5. The number of nitriles is 1. The highest BCUT2D eigenvalue weighted by Gasteiger charge is 2.34. The lowest BCUT2D eigenvalue weighted by Gasteiger charge is -2.19. The molecule has 222 valence electrons. The first-order valence-electron chi connectivity index (χ1n) is 12.0. The number of hydrogen-bond donors (Lipinski definition) is 2. The van der Waals surface area contributed by atoms with Crippen LogP contribution in [0.25, 0.3) is 5.82 Å². The molecule has 1 aromatic carbocycles. The van der Waals surface area contributed by atoms with Gasteiger partial charge in [0.1, 0.15) is 5.69 Å². The number of benzene rings is 1. The minimum Gasteiger partial charge on any atom is -0.452 e. The Balaban J connectivity index is 1.74. The van der Waals surface area contributed by atoms with Crippen molar-refractivity contribution in [3.05, 3.63) is 81.5 Å². The second-order valence-electron chi connectivity index (χ2n) is 8.79. The predicted octanol–water partition coefficient (Wildman–Crippen LogP) is 3.35.